The van der Waals surface area contributed by atoms with E-state index in [1.165, 1.54) is 25.7 Å². The van der Waals surface area contributed by atoms with E-state index in [1.807, 2.05) is 0 Å². The van der Waals surface area contributed by atoms with Gasteiger partial charge in [0.1, 0.15) is 0 Å². The van der Waals surface area contributed by atoms with Crippen molar-refractivity contribution in [3.8, 4) is 0 Å². The smallest absolute Gasteiger partial charge is 0.0528 e. The Labute approximate surface area is 94.6 Å². The molecule has 0 aromatic rings. The van der Waals surface area contributed by atoms with Crippen molar-refractivity contribution in [1.82, 2.24) is 0 Å². The number of ether oxygens (including phenoxy) is 1. The van der Waals surface area contributed by atoms with E-state index in [9.17, 15) is 0 Å². The van der Waals surface area contributed by atoms with E-state index in [1.54, 1.807) is 0 Å². The van der Waals surface area contributed by atoms with Crippen molar-refractivity contribution in [1.29, 1.82) is 0 Å². The van der Waals surface area contributed by atoms with Crippen molar-refractivity contribution >= 4 is 0 Å². The summed E-state index contributed by atoms with van der Waals surface area (Å²) in [4.78, 5) is 0. The zero-order chi connectivity index (χ0) is 11.1. The maximum atomic E-state index is 5.78. The van der Waals surface area contributed by atoms with Gasteiger partial charge in [-0.1, -0.05) is 40.5 Å². The molecular formula is C14H26O. The molecule has 2 unspecified atom stereocenters. The summed E-state index contributed by atoms with van der Waals surface area (Å²) in [6.07, 6.45) is 5.64. The Morgan fingerprint density at radius 3 is 2.47 bits per heavy atom. The van der Waals surface area contributed by atoms with Crippen molar-refractivity contribution in [2.75, 3.05) is 13.2 Å². The Bertz CT molecular complexity index is 231. The first-order chi connectivity index (χ1) is 6.97. The fourth-order valence-corrected chi connectivity index (χ4v) is 3.57. The summed E-state index contributed by atoms with van der Waals surface area (Å²) in [6.45, 7) is 11.6. The Hall–Kier alpha value is -0.0400. The van der Waals surface area contributed by atoms with Gasteiger partial charge in [-0.3, -0.25) is 0 Å². The molecule has 1 nitrogen and oxygen atoms in total. The van der Waals surface area contributed by atoms with E-state index >= 15 is 0 Å². The van der Waals surface area contributed by atoms with Crippen molar-refractivity contribution < 1.29 is 4.74 Å². The van der Waals surface area contributed by atoms with E-state index in [0.717, 1.165) is 25.0 Å². The molecule has 2 aliphatic rings. The molecule has 15 heavy (non-hydrogen) atoms. The first-order valence-electron chi connectivity index (χ1n) is 6.55. The highest BCUT2D eigenvalue weighted by Gasteiger charge is 2.51. The van der Waals surface area contributed by atoms with Crippen LogP contribution in [0.2, 0.25) is 0 Å². The van der Waals surface area contributed by atoms with E-state index in [0.29, 0.717) is 10.8 Å². The van der Waals surface area contributed by atoms with Gasteiger partial charge in [-0.2, -0.15) is 0 Å². The van der Waals surface area contributed by atoms with Gasteiger partial charge in [0.2, 0.25) is 0 Å². The zero-order valence-electron chi connectivity index (χ0n) is 10.8. The Kier molecular flexibility index (Phi) is 2.87. The van der Waals surface area contributed by atoms with Gasteiger partial charge in [-0.25, -0.2) is 0 Å². The monoisotopic (exact) mass is 210 g/mol. The van der Waals surface area contributed by atoms with E-state index < -0.39 is 0 Å². The third kappa shape index (κ3) is 1.84. The average molecular weight is 210 g/mol. The van der Waals surface area contributed by atoms with Crippen LogP contribution in [0.1, 0.15) is 53.4 Å². The zero-order valence-corrected chi connectivity index (χ0v) is 10.8. The highest BCUT2D eigenvalue weighted by molar-refractivity contribution is 5.00. The quantitative estimate of drug-likeness (QED) is 0.638. The summed E-state index contributed by atoms with van der Waals surface area (Å²) in [7, 11) is 0. The Morgan fingerprint density at radius 1 is 1.20 bits per heavy atom. The molecule has 1 saturated heterocycles. The second kappa shape index (κ2) is 3.76. The molecule has 1 aliphatic carbocycles. The van der Waals surface area contributed by atoms with Crippen LogP contribution in [-0.4, -0.2) is 13.2 Å². The Balaban J connectivity index is 2.14. The van der Waals surface area contributed by atoms with Gasteiger partial charge in [-0.05, 0) is 30.1 Å². The topological polar surface area (TPSA) is 9.23 Å². The molecule has 1 heteroatoms. The molecule has 0 aromatic heterocycles. The largest absolute Gasteiger partial charge is 0.380 e. The minimum Gasteiger partial charge on any atom is -0.380 e. The van der Waals surface area contributed by atoms with Crippen LogP contribution in [0, 0.1) is 22.7 Å². The minimum absolute atomic E-state index is 0.403. The first-order valence-corrected chi connectivity index (χ1v) is 6.55. The normalized spacial score (nSPS) is 40.2. The molecule has 1 heterocycles. The number of rotatable bonds is 1. The van der Waals surface area contributed by atoms with Gasteiger partial charge in [0.15, 0.2) is 0 Å². The van der Waals surface area contributed by atoms with Gasteiger partial charge in [-0.15, -0.1) is 0 Å². The van der Waals surface area contributed by atoms with Crippen LogP contribution >= 0.6 is 0 Å². The molecule has 0 aromatic carbocycles. The van der Waals surface area contributed by atoms with Crippen molar-refractivity contribution in [3.63, 3.8) is 0 Å². The predicted octanol–water partition coefficient (Wildman–Crippen LogP) is 3.88. The van der Waals surface area contributed by atoms with Crippen molar-refractivity contribution in [2.24, 2.45) is 22.7 Å². The lowest BCUT2D eigenvalue weighted by Gasteiger charge is -2.46. The van der Waals surface area contributed by atoms with E-state index in [4.69, 9.17) is 4.74 Å². The van der Waals surface area contributed by atoms with Crippen LogP contribution in [-0.2, 0) is 4.74 Å². The van der Waals surface area contributed by atoms with Crippen molar-refractivity contribution in [3.05, 3.63) is 0 Å². The van der Waals surface area contributed by atoms with Crippen LogP contribution in [0.25, 0.3) is 0 Å². The fraction of sp³-hybridized carbons (Fsp3) is 1.00. The number of hydrogen-bond acceptors (Lipinski definition) is 1. The third-order valence-electron chi connectivity index (χ3n) is 5.10. The third-order valence-corrected chi connectivity index (χ3v) is 5.10. The lowest BCUT2D eigenvalue weighted by molar-refractivity contribution is 0.0317. The average Bonchev–Trinajstić information content (AvgIpc) is 2.42. The summed E-state index contributed by atoms with van der Waals surface area (Å²) in [5, 5.41) is 0. The highest BCUT2D eigenvalue weighted by atomic mass is 16.5. The molecule has 1 saturated carbocycles. The minimum atomic E-state index is 0.403. The second-order valence-electron chi connectivity index (χ2n) is 6.76. The molecule has 0 bridgehead atoms. The molecule has 0 amide bonds. The summed E-state index contributed by atoms with van der Waals surface area (Å²) in [6, 6.07) is 0. The SMILES string of the molecule is CC(C)C1CCCC2(COCC2(C)C)C1. The molecule has 2 atom stereocenters. The van der Waals surface area contributed by atoms with Crippen LogP contribution in [0.5, 0.6) is 0 Å². The summed E-state index contributed by atoms with van der Waals surface area (Å²) < 4.78 is 5.78. The van der Waals surface area contributed by atoms with Crippen LogP contribution in [0.15, 0.2) is 0 Å². The molecule has 1 aliphatic heterocycles. The molecule has 2 fully saturated rings. The molecule has 88 valence electrons. The molecule has 2 rings (SSSR count). The standard InChI is InChI=1S/C14H26O/c1-11(2)12-6-5-7-14(8-12)10-15-9-13(14,3)4/h11-12H,5-10H2,1-4H3. The maximum Gasteiger partial charge on any atom is 0.0528 e. The summed E-state index contributed by atoms with van der Waals surface area (Å²) in [5.74, 6) is 1.78. The first kappa shape index (κ1) is 11.4. The fourth-order valence-electron chi connectivity index (χ4n) is 3.57. The van der Waals surface area contributed by atoms with Gasteiger partial charge >= 0.3 is 0 Å². The summed E-state index contributed by atoms with van der Waals surface area (Å²) in [5.41, 5.74) is 0.904. The lowest BCUT2D eigenvalue weighted by Crippen LogP contribution is -2.41. The van der Waals surface area contributed by atoms with E-state index in [2.05, 4.69) is 27.7 Å². The Morgan fingerprint density at radius 2 is 1.93 bits per heavy atom. The summed E-state index contributed by atoms with van der Waals surface area (Å²) >= 11 is 0. The van der Waals surface area contributed by atoms with Gasteiger partial charge in [0.25, 0.3) is 0 Å². The van der Waals surface area contributed by atoms with Crippen LogP contribution in [0.3, 0.4) is 0 Å². The molecule has 0 radical (unpaired) electrons. The lowest BCUT2D eigenvalue weighted by atomic mass is 9.57. The highest BCUT2D eigenvalue weighted by Crippen LogP contribution is 2.55. The second-order valence-corrected chi connectivity index (χ2v) is 6.76. The predicted molar refractivity (Wildman–Crippen MR) is 63.8 cm³/mol. The van der Waals surface area contributed by atoms with Crippen molar-refractivity contribution in [2.45, 2.75) is 53.4 Å². The molecule has 0 N–H and O–H groups in total. The van der Waals surface area contributed by atoms with Crippen LogP contribution < -0.4 is 0 Å². The van der Waals surface area contributed by atoms with Gasteiger partial charge in [0, 0.05) is 5.41 Å². The maximum absolute atomic E-state index is 5.78. The molecule has 1 spiro atoms. The van der Waals surface area contributed by atoms with Gasteiger partial charge in [0.05, 0.1) is 13.2 Å². The van der Waals surface area contributed by atoms with Crippen LogP contribution in [0.4, 0.5) is 0 Å². The van der Waals surface area contributed by atoms with Gasteiger partial charge < -0.3 is 4.74 Å². The van der Waals surface area contributed by atoms with E-state index in [-0.39, 0.29) is 0 Å². The molecular weight excluding hydrogens is 184 g/mol. The number of hydrogen-bond donors (Lipinski definition) is 0.